The van der Waals surface area contributed by atoms with Crippen LogP contribution in [-0.4, -0.2) is 42.0 Å². The van der Waals surface area contributed by atoms with Crippen LogP contribution >= 0.6 is 0 Å². The Hall–Kier alpha value is -2.35. The van der Waals surface area contributed by atoms with E-state index in [1.807, 2.05) is 43.9 Å². The first kappa shape index (κ1) is 20.4. The standard InChI is InChI=1S/C21H30N4O3/c1-15(2)28-20-10-9-19(11-17(20)4)23-21-24(13-26-27-14-25(21)22)12-18-7-5-16(3)6-8-18/h5,7,9-11,15H,6,8,12-14,22H2,1-4H3. The van der Waals surface area contributed by atoms with Gasteiger partial charge in [0.2, 0.25) is 5.96 Å². The van der Waals surface area contributed by atoms with E-state index in [2.05, 4.69) is 19.1 Å². The average Bonchev–Trinajstić information content (AvgIpc) is 2.81. The summed E-state index contributed by atoms with van der Waals surface area (Å²) in [7, 11) is 0. The fourth-order valence-corrected chi connectivity index (χ4v) is 3.11. The van der Waals surface area contributed by atoms with Crippen molar-refractivity contribution < 1.29 is 14.5 Å². The van der Waals surface area contributed by atoms with E-state index >= 15 is 0 Å². The third kappa shape index (κ3) is 5.34. The van der Waals surface area contributed by atoms with E-state index in [1.54, 1.807) is 0 Å². The molecule has 0 aromatic heterocycles. The molecule has 3 rings (SSSR count). The van der Waals surface area contributed by atoms with Crippen LogP contribution in [0.5, 0.6) is 5.75 Å². The summed E-state index contributed by atoms with van der Waals surface area (Å²) in [6, 6.07) is 5.87. The molecular formula is C21H30N4O3. The summed E-state index contributed by atoms with van der Waals surface area (Å²) in [6.07, 6.45) is 6.57. The largest absolute Gasteiger partial charge is 0.491 e. The van der Waals surface area contributed by atoms with Crippen molar-refractivity contribution in [1.29, 1.82) is 0 Å². The molecule has 0 spiro atoms. The van der Waals surface area contributed by atoms with Crippen LogP contribution in [0.1, 0.15) is 39.2 Å². The van der Waals surface area contributed by atoms with E-state index in [0.29, 0.717) is 12.5 Å². The van der Waals surface area contributed by atoms with Crippen molar-refractivity contribution in [3.63, 3.8) is 0 Å². The quantitative estimate of drug-likeness (QED) is 0.613. The minimum atomic E-state index is 0.112. The fraction of sp³-hybridized carbons (Fsp3) is 0.476. The number of hydrazine groups is 1. The van der Waals surface area contributed by atoms with Crippen LogP contribution in [0.15, 0.2) is 46.5 Å². The highest BCUT2D eigenvalue weighted by Crippen LogP contribution is 2.26. The van der Waals surface area contributed by atoms with Gasteiger partial charge in [0.1, 0.15) is 5.75 Å². The van der Waals surface area contributed by atoms with Gasteiger partial charge in [-0.3, -0.25) is 5.01 Å². The Morgan fingerprint density at radius 3 is 2.61 bits per heavy atom. The van der Waals surface area contributed by atoms with Gasteiger partial charge in [0.05, 0.1) is 11.8 Å². The van der Waals surface area contributed by atoms with Crippen LogP contribution in [0, 0.1) is 6.92 Å². The maximum Gasteiger partial charge on any atom is 0.220 e. The van der Waals surface area contributed by atoms with Crippen LogP contribution < -0.4 is 10.6 Å². The van der Waals surface area contributed by atoms with Crippen molar-refractivity contribution in [3.8, 4) is 5.75 Å². The molecule has 1 aromatic carbocycles. The first-order valence-corrected chi connectivity index (χ1v) is 9.65. The van der Waals surface area contributed by atoms with Gasteiger partial charge in [-0.1, -0.05) is 23.3 Å². The molecule has 0 unspecified atom stereocenters. The van der Waals surface area contributed by atoms with E-state index < -0.39 is 0 Å². The summed E-state index contributed by atoms with van der Waals surface area (Å²) >= 11 is 0. The minimum absolute atomic E-state index is 0.112. The number of hydrogen-bond acceptors (Lipinski definition) is 5. The summed E-state index contributed by atoms with van der Waals surface area (Å²) < 4.78 is 5.81. The van der Waals surface area contributed by atoms with Crippen LogP contribution in [0.4, 0.5) is 5.69 Å². The Kier molecular flexibility index (Phi) is 6.72. The summed E-state index contributed by atoms with van der Waals surface area (Å²) in [5, 5.41) is 1.46. The van der Waals surface area contributed by atoms with Gasteiger partial charge in [0.15, 0.2) is 13.5 Å². The Balaban J connectivity index is 1.85. The zero-order chi connectivity index (χ0) is 20.1. The van der Waals surface area contributed by atoms with Gasteiger partial charge < -0.3 is 9.64 Å². The number of aryl methyl sites for hydroxylation is 1. The Labute approximate surface area is 167 Å². The van der Waals surface area contributed by atoms with E-state index in [-0.39, 0.29) is 19.6 Å². The zero-order valence-electron chi connectivity index (χ0n) is 17.1. The Morgan fingerprint density at radius 2 is 1.93 bits per heavy atom. The van der Waals surface area contributed by atoms with E-state index in [4.69, 9.17) is 25.3 Å². The number of benzene rings is 1. The molecule has 1 heterocycles. The molecule has 0 saturated carbocycles. The molecular weight excluding hydrogens is 356 g/mol. The van der Waals surface area contributed by atoms with Gasteiger partial charge in [0.25, 0.3) is 0 Å². The normalized spacial score (nSPS) is 19.6. The molecule has 0 atom stereocenters. The highest BCUT2D eigenvalue weighted by Gasteiger charge is 2.23. The predicted molar refractivity (Wildman–Crippen MR) is 110 cm³/mol. The van der Waals surface area contributed by atoms with Gasteiger partial charge in [-0.05, 0) is 64.3 Å². The maximum atomic E-state index is 6.18. The summed E-state index contributed by atoms with van der Waals surface area (Å²) in [6.45, 7) is 9.26. The molecule has 2 N–H and O–H groups in total. The molecule has 0 radical (unpaired) electrons. The van der Waals surface area contributed by atoms with Crippen molar-refractivity contribution in [3.05, 3.63) is 47.1 Å². The molecule has 1 saturated heterocycles. The summed E-state index contributed by atoms with van der Waals surface area (Å²) in [5.41, 5.74) is 4.54. The summed E-state index contributed by atoms with van der Waals surface area (Å²) in [5.74, 6) is 7.65. The van der Waals surface area contributed by atoms with Gasteiger partial charge >= 0.3 is 0 Å². The molecule has 152 valence electrons. The van der Waals surface area contributed by atoms with Crippen molar-refractivity contribution in [2.45, 2.75) is 46.6 Å². The second kappa shape index (κ2) is 9.23. The van der Waals surface area contributed by atoms with E-state index in [9.17, 15) is 0 Å². The number of nitrogens with zero attached hydrogens (tertiary/aromatic N) is 3. The third-order valence-corrected chi connectivity index (χ3v) is 4.61. The number of nitrogens with two attached hydrogens (primary N) is 1. The zero-order valence-corrected chi connectivity index (χ0v) is 17.1. The molecule has 7 heteroatoms. The van der Waals surface area contributed by atoms with Crippen molar-refractivity contribution in [2.75, 3.05) is 20.0 Å². The number of hydrogen-bond donors (Lipinski definition) is 1. The molecule has 28 heavy (non-hydrogen) atoms. The van der Waals surface area contributed by atoms with E-state index in [1.165, 1.54) is 16.2 Å². The first-order chi connectivity index (χ1) is 13.4. The lowest BCUT2D eigenvalue weighted by Crippen LogP contribution is -2.47. The molecule has 1 aliphatic carbocycles. The van der Waals surface area contributed by atoms with Crippen LogP contribution in [0.3, 0.4) is 0 Å². The highest BCUT2D eigenvalue weighted by molar-refractivity contribution is 5.82. The molecule has 2 aliphatic rings. The molecule has 0 bridgehead atoms. The number of guanidine groups is 1. The van der Waals surface area contributed by atoms with Gasteiger partial charge in [-0.15, -0.1) is 0 Å². The van der Waals surface area contributed by atoms with Gasteiger partial charge in [-0.25, -0.2) is 20.6 Å². The molecule has 1 aromatic rings. The SMILES string of the molecule is CC1=CC=C(CN2COOCN(N)C2=Nc2ccc(OC(C)C)c(C)c2)CC1. The number of ether oxygens (including phenoxy) is 1. The lowest BCUT2D eigenvalue weighted by atomic mass is 9.99. The Bertz CT molecular complexity index is 786. The Morgan fingerprint density at radius 1 is 1.14 bits per heavy atom. The number of aliphatic imine (C=N–C) groups is 1. The third-order valence-electron chi connectivity index (χ3n) is 4.61. The summed E-state index contributed by atoms with van der Waals surface area (Å²) in [4.78, 5) is 17.2. The first-order valence-electron chi connectivity index (χ1n) is 9.65. The highest BCUT2D eigenvalue weighted by atomic mass is 17.2. The second-order valence-electron chi connectivity index (χ2n) is 7.53. The van der Waals surface area contributed by atoms with Crippen LogP contribution in [-0.2, 0) is 9.78 Å². The smallest absolute Gasteiger partial charge is 0.220 e. The molecule has 1 fully saturated rings. The monoisotopic (exact) mass is 386 g/mol. The predicted octanol–water partition coefficient (Wildman–Crippen LogP) is 3.79. The van der Waals surface area contributed by atoms with Crippen molar-refractivity contribution in [1.82, 2.24) is 9.91 Å². The van der Waals surface area contributed by atoms with Gasteiger partial charge in [0, 0.05) is 6.54 Å². The lowest BCUT2D eigenvalue weighted by Gasteiger charge is -2.28. The molecule has 0 amide bonds. The number of allylic oxidation sites excluding steroid dienone is 3. The topological polar surface area (TPSA) is 72.6 Å². The number of rotatable bonds is 5. The second-order valence-corrected chi connectivity index (χ2v) is 7.53. The molecule has 1 aliphatic heterocycles. The van der Waals surface area contributed by atoms with Gasteiger partial charge in [-0.2, -0.15) is 0 Å². The lowest BCUT2D eigenvalue weighted by molar-refractivity contribution is -0.314. The van der Waals surface area contributed by atoms with Crippen LogP contribution in [0.2, 0.25) is 0 Å². The fourth-order valence-electron chi connectivity index (χ4n) is 3.11. The van der Waals surface area contributed by atoms with Crippen molar-refractivity contribution in [2.24, 2.45) is 10.8 Å². The minimum Gasteiger partial charge on any atom is -0.491 e. The van der Waals surface area contributed by atoms with Crippen molar-refractivity contribution >= 4 is 11.6 Å². The van der Waals surface area contributed by atoms with Crippen LogP contribution in [0.25, 0.3) is 0 Å². The maximum absolute atomic E-state index is 6.18. The average molecular weight is 386 g/mol. The molecule has 7 nitrogen and oxygen atoms in total. The van der Waals surface area contributed by atoms with E-state index in [0.717, 1.165) is 29.8 Å².